The quantitative estimate of drug-likeness (QED) is 0.0804. The van der Waals surface area contributed by atoms with Crippen LogP contribution in [0.1, 0.15) is 55.6 Å². The predicted octanol–water partition coefficient (Wildman–Crippen LogP) is 31.3. The maximum Gasteiger partial charge on any atom is 0.135 e. The van der Waals surface area contributed by atoms with Crippen molar-refractivity contribution in [3.05, 3.63) is 493 Å². The highest BCUT2D eigenvalue weighted by molar-refractivity contribution is 6.08. The van der Waals surface area contributed by atoms with E-state index in [1.165, 1.54) is 0 Å². The largest absolute Gasteiger partial charge is 0.457 e. The van der Waals surface area contributed by atoms with Crippen LogP contribution in [-0.4, -0.2) is 0 Å². The van der Waals surface area contributed by atoms with Gasteiger partial charge in [-0.2, -0.15) is 0 Å². The van der Waals surface area contributed by atoms with Crippen LogP contribution in [-0.2, 0) is 10.8 Å². The topological polar surface area (TPSA) is 51.2 Å². The minimum atomic E-state index is -0.892. The van der Waals surface area contributed by atoms with E-state index in [0.29, 0.717) is 23.0 Å². The second kappa shape index (κ2) is 29.6. The van der Waals surface area contributed by atoms with E-state index in [-0.39, 0.29) is 11.6 Å². The standard InChI is InChI=1S/C114H74F2N2O4/c1-3-73-21-57-93(58-22-73)119-95-61-39-83(40-62-95)113(81-35-43-85(115)44-36-81)105-17-9-5-13-97(105)99-65-55-91(71-107(99)113)117(89-51-29-77(30-52-89)79-33-67-111-103(69-79)101-15-7-11-19-109(101)121-111)87-47-25-75(26-48-87)76-27-49-88(50-28-76)118(90-53-31-78(32-54-90)80-34-68-112-104(70-80)102-16-8-12-20-110(102)122-112)92-56-66-100-98-14-6-10-18-106(98)114(108(100)72-92,82-37-45-86(116)46-38-82)84-41-63-96(64-42-84)120-94-59-23-74(4-2)24-60-94/h3-72H,1-2H2. The fraction of sp³-hybridized carbons (Fsp3) is 0.0175. The van der Waals surface area contributed by atoms with E-state index in [1.807, 2.05) is 133 Å². The summed E-state index contributed by atoms with van der Waals surface area (Å²) in [6.45, 7) is 7.87. The summed E-state index contributed by atoms with van der Waals surface area (Å²) in [5, 5.41) is 4.28. The average molecular weight is 1570 g/mol. The number of furan rings is 2. The van der Waals surface area contributed by atoms with Gasteiger partial charge in [-0.1, -0.05) is 256 Å². The second-order valence-electron chi connectivity index (χ2n) is 31.3. The molecule has 22 rings (SSSR count). The summed E-state index contributed by atoms with van der Waals surface area (Å²) in [4.78, 5) is 4.68. The Bertz CT molecular complexity index is 7000. The van der Waals surface area contributed by atoms with Gasteiger partial charge < -0.3 is 28.1 Å². The molecule has 0 N–H and O–H groups in total. The Morgan fingerprint density at radius 2 is 0.516 bits per heavy atom. The molecule has 0 spiro atoms. The van der Waals surface area contributed by atoms with Crippen LogP contribution in [0.4, 0.5) is 42.9 Å². The number of fused-ring (bicyclic) bond motifs is 12. The van der Waals surface area contributed by atoms with Gasteiger partial charge in [-0.05, 0) is 293 Å². The molecule has 122 heavy (non-hydrogen) atoms. The van der Waals surface area contributed by atoms with Gasteiger partial charge in [0.1, 0.15) is 57.0 Å². The van der Waals surface area contributed by atoms with Crippen LogP contribution in [0.15, 0.2) is 435 Å². The Kier molecular flexibility index (Phi) is 17.6. The molecule has 578 valence electrons. The summed E-state index contributed by atoms with van der Waals surface area (Å²) in [5.74, 6) is 2.18. The monoisotopic (exact) mass is 1570 g/mol. The van der Waals surface area contributed by atoms with E-state index in [0.717, 1.165) is 189 Å². The molecule has 2 atom stereocenters. The zero-order valence-corrected chi connectivity index (χ0v) is 66.1. The lowest BCUT2D eigenvalue weighted by atomic mass is 9.67. The highest BCUT2D eigenvalue weighted by Crippen LogP contribution is 2.60. The number of anilines is 6. The van der Waals surface area contributed by atoms with E-state index in [9.17, 15) is 0 Å². The van der Waals surface area contributed by atoms with Crippen molar-refractivity contribution in [3.63, 3.8) is 0 Å². The van der Waals surface area contributed by atoms with Gasteiger partial charge in [-0.25, -0.2) is 8.78 Å². The lowest BCUT2D eigenvalue weighted by molar-refractivity contribution is 0.482. The third kappa shape index (κ3) is 12.3. The first-order valence-electron chi connectivity index (χ1n) is 41.0. The van der Waals surface area contributed by atoms with Crippen LogP contribution in [0.25, 0.3) is 112 Å². The molecule has 2 unspecified atom stereocenters. The first-order chi connectivity index (χ1) is 60.1. The summed E-state index contributed by atoms with van der Waals surface area (Å²) in [5.41, 5.74) is 28.1. The third-order valence-electron chi connectivity index (χ3n) is 24.7. The lowest BCUT2D eigenvalue weighted by Crippen LogP contribution is -2.28. The molecule has 0 amide bonds. The van der Waals surface area contributed by atoms with Crippen molar-refractivity contribution in [2.75, 3.05) is 9.80 Å². The van der Waals surface area contributed by atoms with Crippen molar-refractivity contribution in [1.29, 1.82) is 0 Å². The maximum absolute atomic E-state index is 15.4. The molecule has 2 aromatic heterocycles. The number of ether oxygens (including phenoxy) is 2. The van der Waals surface area contributed by atoms with Crippen LogP contribution in [0.5, 0.6) is 23.0 Å². The smallest absolute Gasteiger partial charge is 0.135 e. The third-order valence-corrected chi connectivity index (χ3v) is 24.7. The van der Waals surface area contributed by atoms with Gasteiger partial charge in [0.05, 0.1) is 10.8 Å². The van der Waals surface area contributed by atoms with E-state index in [2.05, 4.69) is 290 Å². The molecule has 0 bridgehead atoms. The lowest BCUT2D eigenvalue weighted by Gasteiger charge is -2.35. The predicted molar refractivity (Wildman–Crippen MR) is 494 cm³/mol. The van der Waals surface area contributed by atoms with Crippen molar-refractivity contribution < 1.29 is 27.1 Å². The van der Waals surface area contributed by atoms with Crippen molar-refractivity contribution in [2.24, 2.45) is 0 Å². The van der Waals surface area contributed by atoms with E-state index >= 15 is 8.78 Å². The van der Waals surface area contributed by atoms with Gasteiger partial charge in [-0.3, -0.25) is 0 Å². The zero-order valence-electron chi connectivity index (χ0n) is 66.1. The summed E-state index contributed by atoms with van der Waals surface area (Å²) in [6, 6.07) is 142. The number of nitrogens with zero attached hydrogens (tertiary/aromatic N) is 2. The minimum absolute atomic E-state index is 0.312. The van der Waals surface area contributed by atoms with Crippen molar-refractivity contribution in [3.8, 4) is 78.6 Å². The molecule has 0 fully saturated rings. The molecule has 2 heterocycles. The molecule has 2 aliphatic rings. The summed E-state index contributed by atoms with van der Waals surface area (Å²) in [6.07, 6.45) is 3.64. The molecule has 0 aliphatic heterocycles. The molecular weight excluding hydrogens is 1500 g/mol. The molecule has 2 aliphatic carbocycles. The zero-order chi connectivity index (χ0) is 81.6. The number of halogens is 2. The molecule has 8 heteroatoms. The first-order valence-corrected chi connectivity index (χ1v) is 41.0. The Balaban J connectivity index is 0.660. The van der Waals surface area contributed by atoms with Crippen molar-refractivity contribution >= 4 is 90.2 Å². The summed E-state index contributed by atoms with van der Waals surface area (Å²) in [7, 11) is 0. The van der Waals surface area contributed by atoms with Gasteiger partial charge >= 0.3 is 0 Å². The highest BCUT2D eigenvalue weighted by Gasteiger charge is 2.48. The van der Waals surface area contributed by atoms with Gasteiger partial charge in [0, 0.05) is 55.7 Å². The van der Waals surface area contributed by atoms with Gasteiger partial charge in [0.25, 0.3) is 0 Å². The van der Waals surface area contributed by atoms with E-state index in [4.69, 9.17) is 18.3 Å². The normalized spacial score (nSPS) is 14.3. The highest BCUT2D eigenvalue weighted by atomic mass is 19.1. The Morgan fingerprint density at radius 3 is 0.869 bits per heavy atom. The van der Waals surface area contributed by atoms with Crippen LogP contribution < -0.4 is 19.3 Å². The minimum Gasteiger partial charge on any atom is -0.457 e. The number of para-hydroxylation sites is 2. The number of hydrogen-bond acceptors (Lipinski definition) is 6. The molecule has 0 saturated carbocycles. The Morgan fingerprint density at radius 1 is 0.238 bits per heavy atom. The van der Waals surface area contributed by atoms with E-state index < -0.39 is 10.8 Å². The molecule has 0 radical (unpaired) electrons. The van der Waals surface area contributed by atoms with Gasteiger partial charge in [0.15, 0.2) is 0 Å². The van der Waals surface area contributed by atoms with Crippen LogP contribution >= 0.6 is 0 Å². The SMILES string of the molecule is C=Cc1ccc(Oc2ccc(C3(c4ccc(F)cc4)c4ccccc4-c4ccc(N(c5ccc(-c6ccc(N(c7ccc(-c8ccc9oc%10ccccc%10c9c8)cc7)c7ccc8c(c7)C(c7ccc(F)cc7)(c7ccc(Oc9ccc(C=C)cc9)cc7)c7ccccc7-8)cc6)cc5)c5ccc(-c6ccc7oc8ccccc8c7c6)cc5)cc43)cc2)cc1. The van der Waals surface area contributed by atoms with E-state index in [1.54, 1.807) is 24.3 Å². The first kappa shape index (κ1) is 72.5. The molecule has 18 aromatic carbocycles. The van der Waals surface area contributed by atoms with Crippen molar-refractivity contribution in [2.45, 2.75) is 10.8 Å². The van der Waals surface area contributed by atoms with Crippen LogP contribution in [0.2, 0.25) is 0 Å². The fourth-order valence-corrected chi connectivity index (χ4v) is 18.9. The van der Waals surface area contributed by atoms with Crippen molar-refractivity contribution in [1.82, 2.24) is 0 Å². The van der Waals surface area contributed by atoms with Gasteiger partial charge in [-0.15, -0.1) is 0 Å². The number of hydrogen-bond donors (Lipinski definition) is 0. The number of benzene rings is 18. The van der Waals surface area contributed by atoms with Gasteiger partial charge in [0.2, 0.25) is 0 Å². The fourth-order valence-electron chi connectivity index (χ4n) is 18.9. The second-order valence-corrected chi connectivity index (χ2v) is 31.3. The average Bonchev–Trinajstić information content (AvgIpc) is 1.54. The molecule has 0 saturated heterocycles. The van der Waals surface area contributed by atoms with Crippen LogP contribution in [0, 0.1) is 11.6 Å². The summed E-state index contributed by atoms with van der Waals surface area (Å²) < 4.78 is 56.4. The molecule has 6 nitrogen and oxygen atoms in total. The maximum atomic E-state index is 15.4. The Labute approximate surface area is 704 Å². The Hall–Kier alpha value is -15.9. The summed E-state index contributed by atoms with van der Waals surface area (Å²) >= 11 is 0. The molecule has 20 aromatic rings. The van der Waals surface area contributed by atoms with Crippen LogP contribution in [0.3, 0.4) is 0 Å². The number of rotatable bonds is 19. The molecular formula is C114H74F2N2O4.